The maximum atomic E-state index is 8.97. The van der Waals surface area contributed by atoms with Crippen molar-refractivity contribution in [1.29, 1.82) is 5.26 Å². The molecule has 1 rings (SSSR count). The van der Waals surface area contributed by atoms with Crippen molar-refractivity contribution in [2.24, 2.45) is 0 Å². The van der Waals surface area contributed by atoms with E-state index in [1.807, 2.05) is 18.4 Å². The van der Waals surface area contributed by atoms with E-state index in [1.165, 1.54) is 0 Å². The molecule has 0 bridgehead atoms. The fourth-order valence-electron chi connectivity index (χ4n) is 1.39. The topological polar surface area (TPSA) is 53.6 Å². The second kappa shape index (κ2) is 5.52. The van der Waals surface area contributed by atoms with Gasteiger partial charge in [0.1, 0.15) is 6.04 Å². The van der Waals surface area contributed by atoms with Gasteiger partial charge in [0.25, 0.3) is 0 Å². The molecule has 1 N–H and O–H groups in total. The number of hydrogen-bond acceptors (Lipinski definition) is 3. The van der Waals surface area contributed by atoms with Crippen molar-refractivity contribution in [3.8, 4) is 6.07 Å². The van der Waals surface area contributed by atoms with Gasteiger partial charge in [-0.2, -0.15) is 5.26 Å². The highest BCUT2D eigenvalue weighted by atomic mass is 15.1. The lowest BCUT2D eigenvalue weighted by molar-refractivity contribution is 0.515. The van der Waals surface area contributed by atoms with Gasteiger partial charge in [0, 0.05) is 5.69 Å². The first-order valence-electron chi connectivity index (χ1n) is 5.30. The summed E-state index contributed by atoms with van der Waals surface area (Å²) in [6.45, 7) is 7.64. The fraction of sp³-hybridized carbons (Fsp3) is 0.636. The average Bonchev–Trinajstić information content (AvgIpc) is 2.55. The van der Waals surface area contributed by atoms with E-state index in [0.29, 0.717) is 6.54 Å². The van der Waals surface area contributed by atoms with E-state index in [9.17, 15) is 0 Å². The summed E-state index contributed by atoms with van der Waals surface area (Å²) in [7, 11) is 0. The van der Waals surface area contributed by atoms with Crippen molar-refractivity contribution >= 4 is 0 Å². The van der Waals surface area contributed by atoms with Gasteiger partial charge in [-0.1, -0.05) is 6.92 Å². The summed E-state index contributed by atoms with van der Waals surface area (Å²) in [4.78, 5) is 4.21. The Bertz CT molecular complexity index is 348. The van der Waals surface area contributed by atoms with Crippen molar-refractivity contribution in [1.82, 2.24) is 14.9 Å². The second-order valence-corrected chi connectivity index (χ2v) is 3.70. The van der Waals surface area contributed by atoms with Gasteiger partial charge in [0.15, 0.2) is 0 Å². The number of aromatic nitrogens is 2. The zero-order valence-electron chi connectivity index (χ0n) is 9.62. The Balaban J connectivity index is 2.59. The summed E-state index contributed by atoms with van der Waals surface area (Å²) in [6.07, 6.45) is 2.84. The van der Waals surface area contributed by atoms with Crippen LogP contribution in [0.1, 0.15) is 24.7 Å². The summed E-state index contributed by atoms with van der Waals surface area (Å²) in [5.41, 5.74) is 2.16. The van der Waals surface area contributed by atoms with Gasteiger partial charge in [-0.3, -0.25) is 0 Å². The standard InChI is InChI=1S/C11H18N4/c1-4-5-13-11(6-12)7-15-8-14-9(2)10(15)3/h8,11,13H,4-5,7H2,1-3H3. The molecule has 0 amide bonds. The highest BCUT2D eigenvalue weighted by Gasteiger charge is 2.09. The maximum Gasteiger partial charge on any atom is 0.113 e. The van der Waals surface area contributed by atoms with Crippen molar-refractivity contribution in [3.63, 3.8) is 0 Å². The molecular weight excluding hydrogens is 188 g/mol. The van der Waals surface area contributed by atoms with Crippen LogP contribution in [0.2, 0.25) is 0 Å². The number of hydrogen-bond donors (Lipinski definition) is 1. The predicted octanol–water partition coefficient (Wildman–Crippen LogP) is 1.39. The molecule has 1 aromatic heterocycles. The number of nitrogens with zero attached hydrogens (tertiary/aromatic N) is 3. The van der Waals surface area contributed by atoms with Crippen molar-refractivity contribution in [2.45, 2.75) is 39.8 Å². The van der Waals surface area contributed by atoms with Crippen LogP contribution in [0.25, 0.3) is 0 Å². The molecule has 1 heterocycles. The molecule has 0 fully saturated rings. The number of nitrogens with one attached hydrogen (secondary N) is 1. The minimum atomic E-state index is -0.128. The second-order valence-electron chi connectivity index (χ2n) is 3.70. The lowest BCUT2D eigenvalue weighted by Gasteiger charge is -2.12. The van der Waals surface area contributed by atoms with E-state index in [-0.39, 0.29) is 6.04 Å². The zero-order valence-corrected chi connectivity index (χ0v) is 9.62. The van der Waals surface area contributed by atoms with E-state index in [4.69, 9.17) is 5.26 Å². The Morgan fingerprint density at radius 2 is 2.33 bits per heavy atom. The lowest BCUT2D eigenvalue weighted by Crippen LogP contribution is -2.32. The molecule has 4 heteroatoms. The van der Waals surface area contributed by atoms with Crippen molar-refractivity contribution in [3.05, 3.63) is 17.7 Å². The molecule has 0 aromatic carbocycles. The van der Waals surface area contributed by atoms with Gasteiger partial charge in [-0.25, -0.2) is 4.98 Å². The normalized spacial score (nSPS) is 12.4. The Kier molecular flexibility index (Phi) is 4.32. The van der Waals surface area contributed by atoms with Crippen LogP contribution in [-0.4, -0.2) is 22.1 Å². The third kappa shape index (κ3) is 3.07. The summed E-state index contributed by atoms with van der Waals surface area (Å²) >= 11 is 0. The van der Waals surface area contributed by atoms with Gasteiger partial charge in [0.05, 0.1) is 24.6 Å². The molecule has 0 aliphatic heterocycles. The highest BCUT2D eigenvalue weighted by Crippen LogP contribution is 2.04. The summed E-state index contributed by atoms with van der Waals surface area (Å²) in [5.74, 6) is 0. The molecule has 0 radical (unpaired) electrons. The summed E-state index contributed by atoms with van der Waals surface area (Å²) in [6, 6.07) is 2.13. The summed E-state index contributed by atoms with van der Waals surface area (Å²) in [5, 5.41) is 12.2. The van der Waals surface area contributed by atoms with E-state index in [1.54, 1.807) is 6.33 Å². The first-order valence-corrected chi connectivity index (χ1v) is 5.30. The van der Waals surface area contributed by atoms with Crippen LogP contribution in [0, 0.1) is 25.2 Å². The van der Waals surface area contributed by atoms with Gasteiger partial charge in [-0.15, -0.1) is 0 Å². The molecule has 1 atom stereocenters. The maximum absolute atomic E-state index is 8.97. The van der Waals surface area contributed by atoms with Crippen molar-refractivity contribution in [2.75, 3.05) is 6.54 Å². The minimum Gasteiger partial charge on any atom is -0.332 e. The van der Waals surface area contributed by atoms with Gasteiger partial charge in [0.2, 0.25) is 0 Å². The Morgan fingerprint density at radius 3 is 2.80 bits per heavy atom. The molecule has 0 saturated carbocycles. The highest BCUT2D eigenvalue weighted by molar-refractivity contribution is 5.09. The molecule has 4 nitrogen and oxygen atoms in total. The fourth-order valence-corrected chi connectivity index (χ4v) is 1.39. The van der Waals surface area contributed by atoms with E-state index in [0.717, 1.165) is 24.4 Å². The monoisotopic (exact) mass is 206 g/mol. The molecular formula is C11H18N4. The molecule has 82 valence electrons. The zero-order chi connectivity index (χ0) is 11.3. The average molecular weight is 206 g/mol. The van der Waals surface area contributed by atoms with Crippen LogP contribution < -0.4 is 5.32 Å². The van der Waals surface area contributed by atoms with Gasteiger partial charge < -0.3 is 9.88 Å². The van der Waals surface area contributed by atoms with E-state index < -0.39 is 0 Å². The van der Waals surface area contributed by atoms with Crippen LogP contribution >= 0.6 is 0 Å². The quantitative estimate of drug-likeness (QED) is 0.792. The van der Waals surface area contributed by atoms with Crippen LogP contribution in [-0.2, 0) is 6.54 Å². The molecule has 1 aromatic rings. The Hall–Kier alpha value is -1.34. The molecule has 15 heavy (non-hydrogen) atoms. The molecule has 1 unspecified atom stereocenters. The van der Waals surface area contributed by atoms with Crippen molar-refractivity contribution < 1.29 is 0 Å². The lowest BCUT2D eigenvalue weighted by atomic mass is 10.3. The van der Waals surface area contributed by atoms with Crippen LogP contribution in [0.4, 0.5) is 0 Å². The number of rotatable bonds is 5. The SMILES string of the molecule is CCCNC(C#N)Cn1cnc(C)c1C. The van der Waals surface area contributed by atoms with Gasteiger partial charge in [-0.05, 0) is 26.8 Å². The predicted molar refractivity (Wildman–Crippen MR) is 59.4 cm³/mol. The summed E-state index contributed by atoms with van der Waals surface area (Å²) < 4.78 is 2.02. The third-order valence-electron chi connectivity index (χ3n) is 2.52. The molecule has 0 saturated heterocycles. The number of imidazole rings is 1. The van der Waals surface area contributed by atoms with E-state index >= 15 is 0 Å². The Labute approximate surface area is 90.9 Å². The molecule has 0 aliphatic carbocycles. The largest absolute Gasteiger partial charge is 0.332 e. The van der Waals surface area contributed by atoms with Crippen LogP contribution in [0.3, 0.4) is 0 Å². The minimum absolute atomic E-state index is 0.128. The van der Waals surface area contributed by atoms with E-state index in [2.05, 4.69) is 23.3 Å². The van der Waals surface area contributed by atoms with Gasteiger partial charge >= 0.3 is 0 Å². The molecule has 0 spiro atoms. The smallest absolute Gasteiger partial charge is 0.113 e. The van der Waals surface area contributed by atoms with Crippen LogP contribution in [0.15, 0.2) is 6.33 Å². The Morgan fingerprint density at radius 1 is 1.60 bits per heavy atom. The number of nitriles is 1. The molecule has 0 aliphatic rings. The number of aryl methyl sites for hydroxylation is 1. The third-order valence-corrected chi connectivity index (χ3v) is 2.52. The van der Waals surface area contributed by atoms with Crippen LogP contribution in [0.5, 0.6) is 0 Å². The first-order chi connectivity index (χ1) is 7.19. The first kappa shape index (κ1) is 11.7.